The molecule has 2 aromatic heterocycles. The van der Waals surface area contributed by atoms with E-state index >= 15 is 0 Å². The zero-order chi connectivity index (χ0) is 13.2. The van der Waals surface area contributed by atoms with Crippen molar-refractivity contribution in [3.8, 4) is 6.07 Å². The molecule has 0 bridgehead atoms. The number of nitrogens with zero attached hydrogens (tertiary/aromatic N) is 2. The maximum Gasteiger partial charge on any atom is 0.128 e. The highest BCUT2D eigenvalue weighted by Crippen LogP contribution is 2.47. The van der Waals surface area contributed by atoms with Gasteiger partial charge in [-0.2, -0.15) is 5.26 Å². The van der Waals surface area contributed by atoms with E-state index in [-0.39, 0.29) is 0 Å². The Morgan fingerprint density at radius 1 is 1.42 bits per heavy atom. The highest BCUT2D eigenvalue weighted by molar-refractivity contribution is 5.87. The van der Waals surface area contributed by atoms with E-state index in [1.165, 1.54) is 6.42 Å². The zero-order valence-electron chi connectivity index (χ0n) is 10.7. The Morgan fingerprint density at radius 2 is 2.26 bits per heavy atom. The van der Waals surface area contributed by atoms with Crippen LogP contribution >= 0.6 is 0 Å². The van der Waals surface area contributed by atoms with Crippen molar-refractivity contribution in [3.05, 3.63) is 53.7 Å². The van der Waals surface area contributed by atoms with E-state index in [9.17, 15) is 5.26 Å². The number of rotatable bonds is 3. The van der Waals surface area contributed by atoms with Gasteiger partial charge in [0.25, 0.3) is 0 Å². The quantitative estimate of drug-likeness (QED) is 0.777. The maximum atomic E-state index is 9.21. The number of furan rings is 1. The standard InChI is InChI=1S/C16H14N2O/c1-11-8-14(11)16-6-5-13(19-16)9-12(10-17)15-4-2-3-7-18-15/h2-7,9,11,14H,8H2,1H3/b12-9+/t11-,14+/m1/s1. The average Bonchev–Trinajstić information content (AvgIpc) is 3.00. The summed E-state index contributed by atoms with van der Waals surface area (Å²) >= 11 is 0. The van der Waals surface area contributed by atoms with Crippen molar-refractivity contribution >= 4 is 11.6 Å². The lowest BCUT2D eigenvalue weighted by molar-refractivity contribution is 0.498. The molecule has 0 radical (unpaired) electrons. The summed E-state index contributed by atoms with van der Waals surface area (Å²) in [7, 11) is 0. The van der Waals surface area contributed by atoms with Gasteiger partial charge < -0.3 is 4.42 Å². The van der Waals surface area contributed by atoms with Crippen LogP contribution in [0.4, 0.5) is 0 Å². The number of aromatic nitrogens is 1. The molecule has 2 heterocycles. The molecule has 94 valence electrons. The Bertz CT molecular complexity index is 649. The minimum Gasteiger partial charge on any atom is -0.461 e. The molecular formula is C16H14N2O. The van der Waals surface area contributed by atoms with E-state index in [1.807, 2.05) is 30.3 Å². The topological polar surface area (TPSA) is 49.8 Å². The predicted molar refractivity (Wildman–Crippen MR) is 73.0 cm³/mol. The van der Waals surface area contributed by atoms with Gasteiger partial charge in [-0.05, 0) is 36.6 Å². The first-order valence-electron chi connectivity index (χ1n) is 6.41. The van der Waals surface area contributed by atoms with Crippen molar-refractivity contribution in [1.29, 1.82) is 5.26 Å². The molecule has 0 aliphatic heterocycles. The highest BCUT2D eigenvalue weighted by Gasteiger charge is 2.36. The third-order valence-corrected chi connectivity index (χ3v) is 3.47. The van der Waals surface area contributed by atoms with Crippen molar-refractivity contribution in [1.82, 2.24) is 4.98 Å². The van der Waals surface area contributed by atoms with Crippen LogP contribution in [0, 0.1) is 17.2 Å². The Hall–Kier alpha value is -2.34. The van der Waals surface area contributed by atoms with Crippen LogP contribution in [-0.4, -0.2) is 4.98 Å². The summed E-state index contributed by atoms with van der Waals surface area (Å²) in [5.41, 5.74) is 1.19. The first-order chi connectivity index (χ1) is 9.28. The Morgan fingerprint density at radius 3 is 2.89 bits per heavy atom. The van der Waals surface area contributed by atoms with Gasteiger partial charge in [-0.1, -0.05) is 13.0 Å². The molecular weight excluding hydrogens is 236 g/mol. The SMILES string of the molecule is C[C@@H]1C[C@@H]1c1ccc(/C=C(\C#N)c2ccccn2)o1. The second kappa shape index (κ2) is 4.74. The summed E-state index contributed by atoms with van der Waals surface area (Å²) in [6.07, 6.45) is 4.63. The molecule has 0 aromatic carbocycles. The van der Waals surface area contributed by atoms with Crippen LogP contribution in [-0.2, 0) is 0 Å². The molecule has 3 rings (SSSR count). The summed E-state index contributed by atoms with van der Waals surface area (Å²) < 4.78 is 5.78. The van der Waals surface area contributed by atoms with Crippen molar-refractivity contribution in [3.63, 3.8) is 0 Å². The second-order valence-electron chi connectivity index (χ2n) is 4.94. The fourth-order valence-corrected chi connectivity index (χ4v) is 2.19. The van der Waals surface area contributed by atoms with E-state index in [1.54, 1.807) is 12.3 Å². The van der Waals surface area contributed by atoms with Gasteiger partial charge in [0.1, 0.15) is 17.6 Å². The van der Waals surface area contributed by atoms with Gasteiger partial charge in [0.2, 0.25) is 0 Å². The summed E-state index contributed by atoms with van der Waals surface area (Å²) in [4.78, 5) is 4.18. The molecule has 1 saturated carbocycles. The van der Waals surface area contributed by atoms with Gasteiger partial charge in [0.05, 0.1) is 11.3 Å². The summed E-state index contributed by atoms with van der Waals surface area (Å²) in [5, 5.41) is 9.21. The minimum absolute atomic E-state index is 0.519. The summed E-state index contributed by atoms with van der Waals surface area (Å²) in [6, 6.07) is 11.6. The van der Waals surface area contributed by atoms with Gasteiger partial charge in [-0.3, -0.25) is 4.98 Å². The van der Waals surface area contributed by atoms with Crippen molar-refractivity contribution < 1.29 is 4.42 Å². The van der Waals surface area contributed by atoms with Crippen molar-refractivity contribution in [2.45, 2.75) is 19.3 Å². The molecule has 3 heteroatoms. The van der Waals surface area contributed by atoms with E-state index in [2.05, 4.69) is 18.0 Å². The Labute approximate surface area is 112 Å². The molecule has 3 nitrogen and oxygen atoms in total. The van der Waals surface area contributed by atoms with Gasteiger partial charge in [0.15, 0.2) is 0 Å². The molecule has 1 aliphatic carbocycles. The fraction of sp³-hybridized carbons (Fsp3) is 0.250. The number of hydrogen-bond donors (Lipinski definition) is 0. The predicted octanol–water partition coefficient (Wildman–Crippen LogP) is 3.86. The molecule has 0 amide bonds. The summed E-state index contributed by atoms with van der Waals surface area (Å²) in [5.74, 6) is 3.02. The molecule has 19 heavy (non-hydrogen) atoms. The van der Waals surface area contributed by atoms with Crippen molar-refractivity contribution in [2.24, 2.45) is 5.92 Å². The normalized spacial score (nSPS) is 22.0. The van der Waals surface area contributed by atoms with Crippen LogP contribution in [0.1, 0.15) is 36.5 Å². The van der Waals surface area contributed by atoms with Gasteiger partial charge >= 0.3 is 0 Å². The lowest BCUT2D eigenvalue weighted by atomic mass is 10.1. The van der Waals surface area contributed by atoms with E-state index in [0.717, 1.165) is 11.5 Å². The maximum absolute atomic E-state index is 9.21. The lowest BCUT2D eigenvalue weighted by Crippen LogP contribution is -1.85. The smallest absolute Gasteiger partial charge is 0.128 e. The van der Waals surface area contributed by atoms with Gasteiger partial charge in [0, 0.05) is 18.2 Å². The molecule has 0 N–H and O–H groups in total. The second-order valence-corrected chi connectivity index (χ2v) is 4.94. The zero-order valence-corrected chi connectivity index (χ0v) is 10.7. The molecule has 0 unspecified atom stereocenters. The third kappa shape index (κ3) is 2.43. The van der Waals surface area contributed by atoms with E-state index in [4.69, 9.17) is 4.42 Å². The van der Waals surface area contributed by atoms with Crippen LogP contribution in [0.25, 0.3) is 11.6 Å². The van der Waals surface area contributed by atoms with Crippen molar-refractivity contribution in [2.75, 3.05) is 0 Å². The van der Waals surface area contributed by atoms with Gasteiger partial charge in [-0.15, -0.1) is 0 Å². The van der Waals surface area contributed by atoms with E-state index < -0.39 is 0 Å². The summed E-state index contributed by atoms with van der Waals surface area (Å²) in [6.45, 7) is 2.22. The molecule has 1 fully saturated rings. The molecule has 2 atom stereocenters. The average molecular weight is 250 g/mol. The first-order valence-corrected chi connectivity index (χ1v) is 6.41. The highest BCUT2D eigenvalue weighted by atomic mass is 16.3. The first kappa shape index (κ1) is 11.7. The molecule has 0 saturated heterocycles. The Kier molecular flexibility index (Phi) is 2.92. The molecule has 0 spiro atoms. The van der Waals surface area contributed by atoms with Crippen LogP contribution in [0.2, 0.25) is 0 Å². The third-order valence-electron chi connectivity index (χ3n) is 3.47. The van der Waals surface area contributed by atoms with Crippen LogP contribution in [0.15, 0.2) is 40.9 Å². The van der Waals surface area contributed by atoms with Crippen LogP contribution in [0.3, 0.4) is 0 Å². The molecule has 1 aliphatic rings. The monoisotopic (exact) mass is 250 g/mol. The number of nitriles is 1. The minimum atomic E-state index is 0.519. The van der Waals surface area contributed by atoms with Gasteiger partial charge in [-0.25, -0.2) is 0 Å². The number of allylic oxidation sites excluding steroid dienone is 1. The largest absolute Gasteiger partial charge is 0.461 e. The Balaban J connectivity index is 1.87. The number of hydrogen-bond acceptors (Lipinski definition) is 3. The lowest BCUT2D eigenvalue weighted by Gasteiger charge is -1.96. The molecule has 2 aromatic rings. The van der Waals surface area contributed by atoms with E-state index in [0.29, 0.717) is 23.1 Å². The fourth-order valence-electron chi connectivity index (χ4n) is 2.19. The van der Waals surface area contributed by atoms with Crippen LogP contribution in [0.5, 0.6) is 0 Å². The van der Waals surface area contributed by atoms with Crippen LogP contribution < -0.4 is 0 Å². The number of pyridine rings is 1.